The molecule has 20 heavy (non-hydrogen) atoms. The van der Waals surface area contributed by atoms with Crippen molar-refractivity contribution in [3.05, 3.63) is 28.8 Å². The van der Waals surface area contributed by atoms with Gasteiger partial charge in [0.2, 0.25) is 10.0 Å². The summed E-state index contributed by atoms with van der Waals surface area (Å²) in [6.07, 6.45) is 5.17. The normalized spacial score (nSPS) is 16.1. The molecule has 0 aliphatic heterocycles. The number of rotatable bonds is 4. The van der Waals surface area contributed by atoms with Crippen LogP contribution in [0.4, 0.5) is 5.69 Å². The number of sulfonamides is 1. The molecule has 1 amide bonds. The Morgan fingerprint density at radius 1 is 1.30 bits per heavy atom. The number of hydrogen-bond acceptors (Lipinski definition) is 3. The Labute approximate surface area is 123 Å². The third kappa shape index (κ3) is 4.11. The molecule has 2 rings (SSSR count). The summed E-state index contributed by atoms with van der Waals surface area (Å²) in [5.41, 5.74) is 0.488. The van der Waals surface area contributed by atoms with E-state index in [1.807, 2.05) is 0 Å². The van der Waals surface area contributed by atoms with E-state index in [4.69, 9.17) is 11.6 Å². The summed E-state index contributed by atoms with van der Waals surface area (Å²) < 4.78 is 25.0. The summed E-state index contributed by atoms with van der Waals surface area (Å²) in [5.74, 6) is -0.300. The fourth-order valence-corrected chi connectivity index (χ4v) is 3.08. The minimum absolute atomic E-state index is 0.160. The molecule has 1 aliphatic carbocycles. The monoisotopic (exact) mass is 316 g/mol. The third-order valence-electron chi connectivity index (χ3n) is 3.21. The zero-order valence-electron chi connectivity index (χ0n) is 11.1. The predicted octanol–water partition coefficient (Wildman–Crippen LogP) is 2.38. The highest BCUT2D eigenvalue weighted by molar-refractivity contribution is 7.92. The van der Waals surface area contributed by atoms with Crippen molar-refractivity contribution < 1.29 is 13.2 Å². The Balaban J connectivity index is 2.23. The lowest BCUT2D eigenvalue weighted by Gasteiger charge is -2.15. The van der Waals surface area contributed by atoms with Crippen LogP contribution >= 0.6 is 11.6 Å². The van der Waals surface area contributed by atoms with Crippen molar-refractivity contribution >= 4 is 33.2 Å². The second-order valence-electron chi connectivity index (χ2n) is 5.02. The Morgan fingerprint density at radius 2 is 1.95 bits per heavy atom. The van der Waals surface area contributed by atoms with E-state index in [1.54, 1.807) is 6.07 Å². The van der Waals surface area contributed by atoms with Gasteiger partial charge in [-0.3, -0.25) is 9.52 Å². The maximum absolute atomic E-state index is 12.3. The van der Waals surface area contributed by atoms with E-state index in [2.05, 4.69) is 10.0 Å². The van der Waals surface area contributed by atoms with Gasteiger partial charge in [0.25, 0.3) is 5.91 Å². The summed E-state index contributed by atoms with van der Waals surface area (Å²) in [4.78, 5) is 12.3. The predicted molar refractivity (Wildman–Crippen MR) is 79.6 cm³/mol. The van der Waals surface area contributed by atoms with E-state index >= 15 is 0 Å². The van der Waals surface area contributed by atoms with Gasteiger partial charge in [0.15, 0.2) is 0 Å². The van der Waals surface area contributed by atoms with E-state index in [0.717, 1.165) is 31.9 Å². The highest BCUT2D eigenvalue weighted by Crippen LogP contribution is 2.23. The van der Waals surface area contributed by atoms with Crippen molar-refractivity contribution in [2.45, 2.75) is 31.7 Å². The first kappa shape index (κ1) is 15.1. The molecule has 0 bridgehead atoms. The van der Waals surface area contributed by atoms with Crippen LogP contribution in [0.1, 0.15) is 36.0 Å². The first-order chi connectivity index (χ1) is 9.35. The topological polar surface area (TPSA) is 75.3 Å². The summed E-state index contributed by atoms with van der Waals surface area (Å²) in [5, 5.41) is 3.31. The Bertz CT molecular complexity index is 610. The summed E-state index contributed by atoms with van der Waals surface area (Å²) >= 11 is 5.89. The molecule has 1 aliphatic rings. The van der Waals surface area contributed by atoms with Crippen molar-refractivity contribution in [2.24, 2.45) is 0 Å². The number of carbonyl (C=O) groups excluding carboxylic acids is 1. The number of nitrogens with one attached hydrogen (secondary N) is 2. The van der Waals surface area contributed by atoms with Gasteiger partial charge in [-0.1, -0.05) is 24.4 Å². The number of carbonyl (C=O) groups is 1. The van der Waals surface area contributed by atoms with Gasteiger partial charge >= 0.3 is 0 Å². The summed E-state index contributed by atoms with van der Waals surface area (Å²) in [7, 11) is -3.45. The minimum Gasteiger partial charge on any atom is -0.349 e. The fourth-order valence-electron chi connectivity index (χ4n) is 2.33. The first-order valence-corrected chi connectivity index (χ1v) is 8.70. The van der Waals surface area contributed by atoms with Crippen LogP contribution in [0.3, 0.4) is 0 Å². The average molecular weight is 317 g/mol. The van der Waals surface area contributed by atoms with Crippen molar-refractivity contribution in [3.8, 4) is 0 Å². The molecule has 7 heteroatoms. The van der Waals surface area contributed by atoms with Crippen molar-refractivity contribution in [1.29, 1.82) is 0 Å². The van der Waals surface area contributed by atoms with Gasteiger partial charge in [-0.2, -0.15) is 0 Å². The van der Waals surface area contributed by atoms with E-state index in [1.165, 1.54) is 12.1 Å². The van der Waals surface area contributed by atoms with E-state index in [0.29, 0.717) is 5.02 Å². The van der Waals surface area contributed by atoms with Gasteiger partial charge in [-0.15, -0.1) is 0 Å². The highest BCUT2D eigenvalue weighted by atomic mass is 35.5. The smallest absolute Gasteiger partial charge is 0.253 e. The van der Waals surface area contributed by atoms with Crippen LogP contribution in [-0.2, 0) is 10.0 Å². The molecule has 0 heterocycles. The van der Waals surface area contributed by atoms with Crippen molar-refractivity contribution in [1.82, 2.24) is 5.32 Å². The number of halogens is 1. The number of benzene rings is 1. The van der Waals surface area contributed by atoms with Gasteiger partial charge < -0.3 is 5.32 Å². The maximum Gasteiger partial charge on any atom is 0.253 e. The average Bonchev–Trinajstić information content (AvgIpc) is 2.82. The van der Waals surface area contributed by atoms with Gasteiger partial charge in [0.1, 0.15) is 0 Å². The van der Waals surface area contributed by atoms with Gasteiger partial charge in [-0.05, 0) is 31.0 Å². The molecule has 5 nitrogen and oxygen atoms in total. The lowest BCUT2D eigenvalue weighted by atomic mass is 10.1. The Morgan fingerprint density at radius 3 is 2.55 bits per heavy atom. The van der Waals surface area contributed by atoms with Crippen LogP contribution < -0.4 is 10.0 Å². The highest BCUT2D eigenvalue weighted by Gasteiger charge is 2.20. The molecule has 0 aromatic heterocycles. The van der Waals surface area contributed by atoms with E-state index in [-0.39, 0.29) is 23.2 Å². The standard InChI is InChI=1S/C13H17ClN2O3S/c1-20(18,19)16-12-7-6-9(14)8-11(12)13(17)15-10-4-2-3-5-10/h6-8,10,16H,2-5H2,1H3,(H,15,17). The van der Waals surface area contributed by atoms with E-state index < -0.39 is 10.0 Å². The van der Waals surface area contributed by atoms with Crippen molar-refractivity contribution in [2.75, 3.05) is 11.0 Å². The van der Waals surface area contributed by atoms with Crippen LogP contribution in [-0.4, -0.2) is 26.6 Å². The molecule has 2 N–H and O–H groups in total. The second-order valence-corrected chi connectivity index (χ2v) is 7.20. The number of hydrogen-bond donors (Lipinski definition) is 2. The maximum atomic E-state index is 12.3. The SMILES string of the molecule is CS(=O)(=O)Nc1ccc(Cl)cc1C(=O)NC1CCCC1. The molecule has 1 aromatic carbocycles. The zero-order valence-corrected chi connectivity index (χ0v) is 12.7. The largest absolute Gasteiger partial charge is 0.349 e. The van der Waals surface area contributed by atoms with Gasteiger partial charge in [0, 0.05) is 11.1 Å². The van der Waals surface area contributed by atoms with Crippen LogP contribution in [0.15, 0.2) is 18.2 Å². The third-order valence-corrected chi connectivity index (χ3v) is 4.04. The molecule has 110 valence electrons. The number of amides is 1. The van der Waals surface area contributed by atoms with E-state index in [9.17, 15) is 13.2 Å². The zero-order chi connectivity index (χ0) is 14.8. The Kier molecular flexibility index (Phi) is 4.55. The minimum atomic E-state index is -3.45. The van der Waals surface area contributed by atoms with Crippen LogP contribution in [0.25, 0.3) is 0 Å². The lowest BCUT2D eigenvalue weighted by Crippen LogP contribution is -2.33. The van der Waals surface area contributed by atoms with Crippen LogP contribution in [0, 0.1) is 0 Å². The lowest BCUT2D eigenvalue weighted by molar-refractivity contribution is 0.0939. The molecular weight excluding hydrogens is 300 g/mol. The summed E-state index contributed by atoms with van der Waals surface area (Å²) in [6.45, 7) is 0. The molecular formula is C13H17ClN2O3S. The quantitative estimate of drug-likeness (QED) is 0.895. The second kappa shape index (κ2) is 6.01. The molecule has 0 atom stereocenters. The molecule has 1 saturated carbocycles. The molecule has 0 radical (unpaired) electrons. The molecule has 0 unspecified atom stereocenters. The van der Waals surface area contributed by atoms with Gasteiger partial charge in [0.05, 0.1) is 17.5 Å². The Hall–Kier alpha value is -1.27. The van der Waals surface area contributed by atoms with Gasteiger partial charge in [-0.25, -0.2) is 8.42 Å². The molecule has 1 fully saturated rings. The first-order valence-electron chi connectivity index (χ1n) is 6.43. The molecule has 1 aromatic rings. The molecule has 0 saturated heterocycles. The van der Waals surface area contributed by atoms with Crippen LogP contribution in [0.2, 0.25) is 5.02 Å². The number of anilines is 1. The van der Waals surface area contributed by atoms with Crippen molar-refractivity contribution in [3.63, 3.8) is 0 Å². The molecule has 0 spiro atoms. The van der Waals surface area contributed by atoms with Crippen LogP contribution in [0.5, 0.6) is 0 Å². The fraction of sp³-hybridized carbons (Fsp3) is 0.462. The summed E-state index contributed by atoms with van der Waals surface area (Å²) in [6, 6.07) is 4.67.